The van der Waals surface area contributed by atoms with E-state index in [4.69, 9.17) is 4.74 Å². The molecule has 0 unspecified atom stereocenters. The molecule has 0 atom stereocenters. The minimum atomic E-state index is -0.256. The molecule has 0 aliphatic carbocycles. The van der Waals surface area contributed by atoms with Crippen molar-refractivity contribution in [1.82, 2.24) is 0 Å². The molecule has 1 aliphatic heterocycles. The summed E-state index contributed by atoms with van der Waals surface area (Å²) in [6.45, 7) is 7.84. The van der Waals surface area contributed by atoms with E-state index in [9.17, 15) is 9.90 Å². The third-order valence-electron chi connectivity index (χ3n) is 3.23. The zero-order valence-corrected chi connectivity index (χ0v) is 11.4. The first kappa shape index (κ1) is 14.1. The summed E-state index contributed by atoms with van der Waals surface area (Å²) in [6.07, 6.45) is 7.11. The summed E-state index contributed by atoms with van der Waals surface area (Å²) < 4.78 is 4.93. The van der Waals surface area contributed by atoms with E-state index >= 15 is 0 Å². The van der Waals surface area contributed by atoms with Crippen molar-refractivity contribution >= 4 is 12.0 Å². The predicted molar refractivity (Wildman–Crippen MR) is 79.5 cm³/mol. The molecule has 20 heavy (non-hydrogen) atoms. The number of allylic oxidation sites excluding steroid dienone is 2. The summed E-state index contributed by atoms with van der Waals surface area (Å²) >= 11 is 0. The Morgan fingerprint density at radius 2 is 1.80 bits per heavy atom. The van der Waals surface area contributed by atoms with Crippen LogP contribution in [0.1, 0.15) is 23.1 Å². The fourth-order valence-corrected chi connectivity index (χ4v) is 2.27. The SMILES string of the molecule is C=CCc1cc(C=C2CCOC2=O)cc(CC=C)c1O. The standard InChI is InChI=1S/C17H18O3/c1-3-5-13-9-12(10-14(6-4-2)16(13)18)11-15-7-8-20-17(15)19/h3-4,9-11,18H,1-2,5-8H2. The molecular weight excluding hydrogens is 252 g/mol. The molecule has 1 aliphatic rings. The molecule has 1 heterocycles. The number of aromatic hydroxyl groups is 1. The topological polar surface area (TPSA) is 46.5 Å². The third-order valence-corrected chi connectivity index (χ3v) is 3.23. The van der Waals surface area contributed by atoms with Gasteiger partial charge in [-0.3, -0.25) is 0 Å². The average molecular weight is 270 g/mol. The molecule has 3 heteroatoms. The van der Waals surface area contributed by atoms with Gasteiger partial charge in [0, 0.05) is 12.0 Å². The lowest BCUT2D eigenvalue weighted by Crippen LogP contribution is -1.96. The van der Waals surface area contributed by atoms with Crippen LogP contribution in [-0.4, -0.2) is 17.7 Å². The molecule has 0 spiro atoms. The second kappa shape index (κ2) is 6.24. The summed E-state index contributed by atoms with van der Waals surface area (Å²) in [7, 11) is 0. The maximum absolute atomic E-state index is 11.5. The number of rotatable bonds is 5. The molecule has 0 bridgehead atoms. The molecule has 1 saturated heterocycles. The lowest BCUT2D eigenvalue weighted by molar-refractivity contribution is -0.134. The van der Waals surface area contributed by atoms with E-state index in [2.05, 4.69) is 13.2 Å². The number of hydrogen-bond donors (Lipinski definition) is 1. The normalized spacial score (nSPS) is 16.2. The number of benzene rings is 1. The van der Waals surface area contributed by atoms with Crippen molar-refractivity contribution in [2.75, 3.05) is 6.61 Å². The Balaban J connectivity index is 2.44. The summed E-state index contributed by atoms with van der Waals surface area (Å²) in [5.74, 6) is 0.0227. The van der Waals surface area contributed by atoms with Crippen LogP contribution in [0.15, 0.2) is 43.0 Å². The molecule has 1 fully saturated rings. The van der Waals surface area contributed by atoms with Gasteiger partial charge < -0.3 is 9.84 Å². The number of cyclic esters (lactones) is 1. The number of hydrogen-bond acceptors (Lipinski definition) is 3. The second-order valence-electron chi connectivity index (χ2n) is 4.73. The minimum absolute atomic E-state index is 0.256. The number of phenolic OH excluding ortho intramolecular Hbond substituents is 1. The fourth-order valence-electron chi connectivity index (χ4n) is 2.27. The van der Waals surface area contributed by atoms with Crippen LogP contribution in [-0.2, 0) is 22.4 Å². The summed E-state index contributed by atoms with van der Waals surface area (Å²) in [5.41, 5.74) is 3.17. The van der Waals surface area contributed by atoms with E-state index in [1.807, 2.05) is 18.2 Å². The molecule has 1 aromatic rings. The molecule has 0 radical (unpaired) electrons. The van der Waals surface area contributed by atoms with Crippen molar-refractivity contribution in [1.29, 1.82) is 0 Å². The van der Waals surface area contributed by atoms with Gasteiger partial charge in [-0.1, -0.05) is 12.2 Å². The van der Waals surface area contributed by atoms with Crippen molar-refractivity contribution in [2.45, 2.75) is 19.3 Å². The Labute approximate surface area is 118 Å². The molecule has 1 aromatic carbocycles. The number of carbonyl (C=O) groups excluding carboxylic acids is 1. The first-order chi connectivity index (χ1) is 9.65. The lowest BCUT2D eigenvalue weighted by atomic mass is 9.98. The minimum Gasteiger partial charge on any atom is -0.507 e. The Hall–Kier alpha value is -2.29. The largest absolute Gasteiger partial charge is 0.507 e. The molecule has 0 saturated carbocycles. The maximum Gasteiger partial charge on any atom is 0.334 e. The molecule has 3 nitrogen and oxygen atoms in total. The smallest absolute Gasteiger partial charge is 0.334 e. The molecular formula is C17H18O3. The molecule has 1 N–H and O–H groups in total. The number of esters is 1. The van der Waals surface area contributed by atoms with Crippen molar-refractivity contribution in [3.05, 3.63) is 59.7 Å². The van der Waals surface area contributed by atoms with Gasteiger partial charge in [-0.2, -0.15) is 0 Å². The van der Waals surface area contributed by atoms with Crippen LogP contribution < -0.4 is 0 Å². The number of carbonyl (C=O) groups is 1. The lowest BCUT2D eigenvalue weighted by Gasteiger charge is -2.09. The summed E-state index contributed by atoms with van der Waals surface area (Å²) in [5, 5.41) is 10.2. The number of phenols is 1. The summed E-state index contributed by atoms with van der Waals surface area (Å²) in [6, 6.07) is 3.75. The van der Waals surface area contributed by atoms with Crippen molar-refractivity contribution in [3.63, 3.8) is 0 Å². The Morgan fingerprint density at radius 3 is 2.25 bits per heavy atom. The average Bonchev–Trinajstić information content (AvgIpc) is 2.81. The van der Waals surface area contributed by atoms with E-state index < -0.39 is 0 Å². The van der Waals surface area contributed by atoms with E-state index in [0.29, 0.717) is 31.4 Å². The second-order valence-corrected chi connectivity index (χ2v) is 4.73. The number of ether oxygens (including phenoxy) is 1. The van der Waals surface area contributed by atoms with Gasteiger partial charge in [0.15, 0.2) is 0 Å². The molecule has 0 amide bonds. The zero-order valence-electron chi connectivity index (χ0n) is 11.4. The van der Waals surface area contributed by atoms with Crippen LogP contribution in [0.3, 0.4) is 0 Å². The van der Waals surface area contributed by atoms with E-state index in [1.54, 1.807) is 12.2 Å². The van der Waals surface area contributed by atoms with Crippen LogP contribution in [0.25, 0.3) is 6.08 Å². The highest BCUT2D eigenvalue weighted by Crippen LogP contribution is 2.28. The van der Waals surface area contributed by atoms with Gasteiger partial charge in [-0.25, -0.2) is 4.79 Å². The van der Waals surface area contributed by atoms with Crippen molar-refractivity contribution in [2.24, 2.45) is 0 Å². The first-order valence-corrected chi connectivity index (χ1v) is 6.60. The Kier molecular flexibility index (Phi) is 4.41. The van der Waals surface area contributed by atoms with Gasteiger partial charge in [0.1, 0.15) is 5.75 Å². The Morgan fingerprint density at radius 1 is 1.20 bits per heavy atom. The van der Waals surface area contributed by atoms with Crippen LogP contribution in [0, 0.1) is 0 Å². The van der Waals surface area contributed by atoms with Crippen molar-refractivity contribution in [3.8, 4) is 5.75 Å². The van der Waals surface area contributed by atoms with E-state index in [0.717, 1.165) is 16.7 Å². The van der Waals surface area contributed by atoms with Crippen LogP contribution in [0.4, 0.5) is 0 Å². The van der Waals surface area contributed by atoms with Gasteiger partial charge in [-0.05, 0) is 47.7 Å². The van der Waals surface area contributed by atoms with Gasteiger partial charge in [-0.15, -0.1) is 13.2 Å². The molecule has 0 aromatic heterocycles. The highest BCUT2D eigenvalue weighted by molar-refractivity contribution is 5.95. The maximum atomic E-state index is 11.5. The third kappa shape index (κ3) is 2.99. The van der Waals surface area contributed by atoms with Crippen molar-refractivity contribution < 1.29 is 14.6 Å². The predicted octanol–water partition coefficient (Wildman–Crippen LogP) is 3.18. The molecule has 104 valence electrons. The van der Waals surface area contributed by atoms with E-state index in [-0.39, 0.29) is 11.7 Å². The molecule has 2 rings (SSSR count). The zero-order chi connectivity index (χ0) is 14.5. The monoisotopic (exact) mass is 270 g/mol. The quantitative estimate of drug-likeness (QED) is 0.508. The van der Waals surface area contributed by atoms with Crippen LogP contribution in [0.5, 0.6) is 5.75 Å². The van der Waals surface area contributed by atoms with Gasteiger partial charge in [0.05, 0.1) is 6.61 Å². The fraction of sp³-hybridized carbons (Fsp3) is 0.235. The highest BCUT2D eigenvalue weighted by Gasteiger charge is 2.18. The van der Waals surface area contributed by atoms with Gasteiger partial charge >= 0.3 is 5.97 Å². The van der Waals surface area contributed by atoms with Crippen LogP contribution in [0.2, 0.25) is 0 Å². The highest BCUT2D eigenvalue weighted by atomic mass is 16.5. The van der Waals surface area contributed by atoms with E-state index in [1.165, 1.54) is 0 Å². The Bertz CT molecular complexity index is 551. The first-order valence-electron chi connectivity index (χ1n) is 6.60. The van der Waals surface area contributed by atoms with Gasteiger partial charge in [0.2, 0.25) is 0 Å². The van der Waals surface area contributed by atoms with Crippen LogP contribution >= 0.6 is 0 Å². The summed E-state index contributed by atoms with van der Waals surface area (Å²) in [4.78, 5) is 11.5. The van der Waals surface area contributed by atoms with Gasteiger partial charge in [0.25, 0.3) is 0 Å².